The summed E-state index contributed by atoms with van der Waals surface area (Å²) in [5.74, 6) is 0.529. The van der Waals surface area contributed by atoms with Gasteiger partial charge in [0.2, 0.25) is 5.95 Å². The van der Waals surface area contributed by atoms with E-state index in [4.69, 9.17) is 10.00 Å². The molecule has 2 aromatic carbocycles. The van der Waals surface area contributed by atoms with Gasteiger partial charge in [0, 0.05) is 39.0 Å². The third-order valence-corrected chi connectivity index (χ3v) is 6.19. The zero-order valence-corrected chi connectivity index (χ0v) is 18.2. The highest BCUT2D eigenvalue weighted by molar-refractivity contribution is 5.64. The number of rotatable bonds is 6. The van der Waals surface area contributed by atoms with E-state index in [0.717, 1.165) is 57.2 Å². The molecule has 8 heteroatoms. The molecule has 2 saturated heterocycles. The van der Waals surface area contributed by atoms with E-state index < -0.39 is 0 Å². The van der Waals surface area contributed by atoms with Gasteiger partial charge in [-0.1, -0.05) is 13.0 Å². The zero-order valence-electron chi connectivity index (χ0n) is 18.2. The van der Waals surface area contributed by atoms with Crippen LogP contribution < -0.4 is 10.2 Å². The third-order valence-electron chi connectivity index (χ3n) is 6.19. The first kappa shape index (κ1) is 20.5. The van der Waals surface area contributed by atoms with Crippen LogP contribution in [0.3, 0.4) is 0 Å². The average Bonchev–Trinajstić information content (AvgIpc) is 3.26. The lowest BCUT2D eigenvalue weighted by molar-refractivity contribution is -0.0660. The number of ether oxygens (including phenoxy) is 1. The second kappa shape index (κ2) is 8.99. The topological polar surface area (TPSA) is 82.2 Å². The second-order valence-corrected chi connectivity index (χ2v) is 8.26. The molecule has 3 heterocycles. The highest BCUT2D eigenvalue weighted by Gasteiger charge is 2.29. The van der Waals surface area contributed by atoms with Crippen LogP contribution in [0.4, 0.5) is 17.3 Å². The van der Waals surface area contributed by atoms with E-state index >= 15 is 0 Å². The third kappa shape index (κ3) is 4.31. The number of nitrogens with zero attached hydrogens (tertiary/aromatic N) is 6. The van der Waals surface area contributed by atoms with Crippen LogP contribution >= 0.6 is 0 Å². The number of piperazine rings is 1. The average molecular weight is 432 g/mol. The first-order valence-electron chi connectivity index (χ1n) is 11.1. The Morgan fingerprint density at radius 1 is 1.12 bits per heavy atom. The molecule has 5 rings (SSSR count). The van der Waals surface area contributed by atoms with Crippen LogP contribution in [0.5, 0.6) is 0 Å². The van der Waals surface area contributed by atoms with E-state index in [1.807, 2.05) is 12.1 Å². The van der Waals surface area contributed by atoms with E-state index in [0.29, 0.717) is 17.6 Å². The first-order chi connectivity index (χ1) is 15.7. The van der Waals surface area contributed by atoms with Crippen molar-refractivity contribution in [3.05, 3.63) is 59.9 Å². The Kier molecular flexibility index (Phi) is 5.75. The number of aryl methyl sites for hydroxylation is 1. The van der Waals surface area contributed by atoms with Crippen LogP contribution in [0.1, 0.15) is 19.5 Å². The number of aromatic nitrogens is 3. The Morgan fingerprint density at radius 2 is 1.97 bits per heavy atom. The van der Waals surface area contributed by atoms with Gasteiger partial charge >= 0.3 is 0 Å². The SMILES string of the molecule is CCc1cc(Nc2ncn(-c3cccc(C#N)c3)n2)cc(N2CCN(C3COC3)CC2)c1.[HH]. The van der Waals surface area contributed by atoms with Gasteiger partial charge < -0.3 is 15.0 Å². The van der Waals surface area contributed by atoms with Crippen LogP contribution in [0.25, 0.3) is 5.69 Å². The second-order valence-electron chi connectivity index (χ2n) is 8.26. The van der Waals surface area contributed by atoms with Gasteiger partial charge in [0.1, 0.15) is 6.33 Å². The summed E-state index contributed by atoms with van der Waals surface area (Å²) >= 11 is 0. The van der Waals surface area contributed by atoms with Crippen molar-refractivity contribution in [3.8, 4) is 11.8 Å². The molecule has 0 saturated carbocycles. The Bertz CT molecular complexity index is 1130. The van der Waals surface area contributed by atoms with Crippen molar-refractivity contribution < 1.29 is 6.16 Å². The normalized spacial score (nSPS) is 17.1. The molecule has 166 valence electrons. The molecule has 1 aromatic heterocycles. The number of benzene rings is 2. The van der Waals surface area contributed by atoms with Crippen LogP contribution in [0.15, 0.2) is 48.8 Å². The quantitative estimate of drug-likeness (QED) is 0.642. The Labute approximate surface area is 189 Å². The summed E-state index contributed by atoms with van der Waals surface area (Å²) in [6.07, 6.45) is 2.62. The molecule has 0 spiro atoms. The molecular formula is C24H29N7O. The fourth-order valence-corrected chi connectivity index (χ4v) is 4.20. The lowest BCUT2D eigenvalue weighted by Gasteiger charge is -2.43. The molecule has 0 radical (unpaired) electrons. The fourth-order valence-electron chi connectivity index (χ4n) is 4.20. The molecule has 0 atom stereocenters. The van der Waals surface area contributed by atoms with E-state index in [2.05, 4.69) is 56.4 Å². The van der Waals surface area contributed by atoms with Crippen molar-refractivity contribution >= 4 is 17.3 Å². The van der Waals surface area contributed by atoms with Crippen molar-refractivity contribution in [2.45, 2.75) is 19.4 Å². The number of nitrogens with one attached hydrogen (secondary N) is 1. The summed E-state index contributed by atoms with van der Waals surface area (Å²) < 4.78 is 7.03. The molecule has 8 nitrogen and oxygen atoms in total. The lowest BCUT2D eigenvalue weighted by atomic mass is 10.1. The van der Waals surface area contributed by atoms with Gasteiger partial charge in [0.25, 0.3) is 0 Å². The molecule has 0 amide bonds. The predicted octanol–water partition coefficient (Wildman–Crippen LogP) is 3.21. The smallest absolute Gasteiger partial charge is 0.246 e. The van der Waals surface area contributed by atoms with Crippen molar-refractivity contribution in [1.29, 1.82) is 5.26 Å². The Balaban J connectivity index is 0.00000259. The number of nitriles is 1. The van der Waals surface area contributed by atoms with Crippen LogP contribution in [0, 0.1) is 11.3 Å². The largest absolute Gasteiger partial charge is 0.378 e. The minimum Gasteiger partial charge on any atom is -0.378 e. The number of hydrogen-bond donors (Lipinski definition) is 1. The maximum Gasteiger partial charge on any atom is 0.246 e. The first-order valence-corrected chi connectivity index (χ1v) is 11.1. The maximum absolute atomic E-state index is 9.13. The summed E-state index contributed by atoms with van der Waals surface area (Å²) in [6.45, 7) is 8.10. The van der Waals surface area contributed by atoms with Gasteiger partial charge in [0.05, 0.1) is 36.6 Å². The van der Waals surface area contributed by atoms with Crippen molar-refractivity contribution in [2.24, 2.45) is 0 Å². The summed E-state index contributed by atoms with van der Waals surface area (Å²) in [7, 11) is 0. The highest BCUT2D eigenvalue weighted by Crippen LogP contribution is 2.26. The minimum atomic E-state index is 0. The molecule has 2 fully saturated rings. The molecule has 0 aliphatic carbocycles. The summed E-state index contributed by atoms with van der Waals surface area (Å²) in [6, 6.07) is 16.7. The maximum atomic E-state index is 9.13. The highest BCUT2D eigenvalue weighted by atomic mass is 16.5. The van der Waals surface area contributed by atoms with Crippen LogP contribution in [0.2, 0.25) is 0 Å². The van der Waals surface area contributed by atoms with Gasteiger partial charge in [-0.15, -0.1) is 5.10 Å². The minimum absolute atomic E-state index is 0. The van der Waals surface area contributed by atoms with E-state index in [1.54, 1.807) is 23.1 Å². The van der Waals surface area contributed by atoms with E-state index in [-0.39, 0.29) is 1.43 Å². The van der Waals surface area contributed by atoms with Crippen molar-refractivity contribution in [2.75, 3.05) is 49.6 Å². The van der Waals surface area contributed by atoms with Gasteiger partial charge in [-0.3, -0.25) is 4.90 Å². The monoisotopic (exact) mass is 431 g/mol. The lowest BCUT2D eigenvalue weighted by Crippen LogP contribution is -2.56. The summed E-state index contributed by atoms with van der Waals surface area (Å²) in [4.78, 5) is 9.41. The fraction of sp³-hybridized carbons (Fsp3) is 0.375. The summed E-state index contributed by atoms with van der Waals surface area (Å²) in [5.41, 5.74) is 4.90. The van der Waals surface area contributed by atoms with Crippen molar-refractivity contribution in [1.82, 2.24) is 19.7 Å². The Hall–Kier alpha value is -3.41. The zero-order chi connectivity index (χ0) is 21.9. The number of anilines is 3. The number of hydrogen-bond acceptors (Lipinski definition) is 7. The van der Waals surface area contributed by atoms with Gasteiger partial charge in [0.15, 0.2) is 0 Å². The van der Waals surface area contributed by atoms with Crippen LogP contribution in [-0.4, -0.2) is 65.1 Å². The molecule has 0 bridgehead atoms. The molecule has 2 aliphatic heterocycles. The molecule has 1 N–H and O–H groups in total. The molecule has 32 heavy (non-hydrogen) atoms. The molecular weight excluding hydrogens is 402 g/mol. The van der Waals surface area contributed by atoms with E-state index in [1.165, 1.54) is 11.3 Å². The van der Waals surface area contributed by atoms with E-state index in [9.17, 15) is 0 Å². The standard InChI is InChI=1S/C24H27N7O.H2/c1-2-18-10-20(13-22(11-18)29-6-8-30(9-7-29)23-15-32-16-23)27-24-26-17-31(28-24)21-5-3-4-19(12-21)14-25;/h3-5,10-13,17,23H,2,6-9,15-16H2,1H3,(H,27,28);1H. The van der Waals surface area contributed by atoms with Gasteiger partial charge in [-0.2, -0.15) is 10.2 Å². The van der Waals surface area contributed by atoms with Gasteiger partial charge in [-0.05, 0) is 48.4 Å². The predicted molar refractivity (Wildman–Crippen MR) is 126 cm³/mol. The molecule has 0 unspecified atom stereocenters. The molecule has 2 aliphatic rings. The summed E-state index contributed by atoms with van der Waals surface area (Å²) in [5, 5.41) is 17.0. The van der Waals surface area contributed by atoms with Crippen molar-refractivity contribution in [3.63, 3.8) is 0 Å². The molecule has 3 aromatic rings. The van der Waals surface area contributed by atoms with Gasteiger partial charge in [-0.25, -0.2) is 4.68 Å². The van der Waals surface area contributed by atoms with Crippen LogP contribution in [-0.2, 0) is 11.2 Å². The Morgan fingerprint density at radius 3 is 2.69 bits per heavy atom.